The summed E-state index contributed by atoms with van der Waals surface area (Å²) in [6.45, 7) is 6.99. The molecule has 1 rings (SSSR count). The van der Waals surface area contributed by atoms with Crippen molar-refractivity contribution >= 4 is 11.8 Å². The minimum atomic E-state index is -0.392. The van der Waals surface area contributed by atoms with Crippen molar-refractivity contribution in [1.29, 1.82) is 0 Å². The SMILES string of the molecule is C=CC1=C(C=C)C(=O)NC(=O)C1. The Morgan fingerprint density at radius 1 is 1.25 bits per heavy atom. The Hall–Kier alpha value is -1.64. The van der Waals surface area contributed by atoms with Gasteiger partial charge in [0.05, 0.1) is 6.42 Å². The Morgan fingerprint density at radius 3 is 2.42 bits per heavy atom. The summed E-state index contributed by atoms with van der Waals surface area (Å²) in [4.78, 5) is 22.0. The molecular formula is C9H9NO2. The summed E-state index contributed by atoms with van der Waals surface area (Å²) in [5.41, 5.74) is 1.07. The number of nitrogens with one attached hydrogen (secondary N) is 1. The minimum Gasteiger partial charge on any atom is -0.292 e. The average molecular weight is 163 g/mol. The van der Waals surface area contributed by atoms with E-state index >= 15 is 0 Å². The van der Waals surface area contributed by atoms with Gasteiger partial charge in [0, 0.05) is 5.57 Å². The molecule has 0 saturated carbocycles. The van der Waals surface area contributed by atoms with Crippen molar-refractivity contribution in [2.75, 3.05) is 0 Å². The van der Waals surface area contributed by atoms with Crippen LogP contribution in [0.5, 0.6) is 0 Å². The van der Waals surface area contributed by atoms with Crippen molar-refractivity contribution in [2.24, 2.45) is 0 Å². The third kappa shape index (κ3) is 1.34. The summed E-state index contributed by atoms with van der Waals surface area (Å²) >= 11 is 0. The fourth-order valence-electron chi connectivity index (χ4n) is 1.06. The van der Waals surface area contributed by atoms with Crippen molar-refractivity contribution in [3.8, 4) is 0 Å². The lowest BCUT2D eigenvalue weighted by Crippen LogP contribution is -2.35. The van der Waals surface area contributed by atoms with Crippen LogP contribution in [0, 0.1) is 0 Å². The molecule has 0 bridgehead atoms. The van der Waals surface area contributed by atoms with Gasteiger partial charge in [-0.05, 0) is 5.57 Å². The first-order chi connectivity index (χ1) is 5.69. The number of hydrogen-bond donors (Lipinski definition) is 1. The van der Waals surface area contributed by atoms with E-state index < -0.39 is 5.91 Å². The number of allylic oxidation sites excluding steroid dienone is 1. The fraction of sp³-hybridized carbons (Fsp3) is 0.111. The highest BCUT2D eigenvalue weighted by Gasteiger charge is 2.20. The number of hydrogen-bond acceptors (Lipinski definition) is 2. The maximum atomic E-state index is 11.1. The Kier molecular flexibility index (Phi) is 2.24. The van der Waals surface area contributed by atoms with Crippen molar-refractivity contribution in [1.82, 2.24) is 5.32 Å². The predicted molar refractivity (Wildman–Crippen MR) is 45.2 cm³/mol. The van der Waals surface area contributed by atoms with Gasteiger partial charge in [-0.25, -0.2) is 0 Å². The molecule has 0 aromatic carbocycles. The first-order valence-corrected chi connectivity index (χ1v) is 3.51. The number of amides is 2. The summed E-state index contributed by atoms with van der Waals surface area (Å²) < 4.78 is 0. The second kappa shape index (κ2) is 3.17. The maximum absolute atomic E-state index is 11.1. The molecule has 12 heavy (non-hydrogen) atoms. The molecule has 0 aromatic heterocycles. The molecule has 1 aliphatic rings. The summed E-state index contributed by atoms with van der Waals surface area (Å²) in [6, 6.07) is 0. The van der Waals surface area contributed by atoms with Crippen molar-refractivity contribution in [3.63, 3.8) is 0 Å². The van der Waals surface area contributed by atoms with Crippen LogP contribution in [0.25, 0.3) is 0 Å². The van der Waals surface area contributed by atoms with Crippen molar-refractivity contribution < 1.29 is 9.59 Å². The Morgan fingerprint density at radius 2 is 1.92 bits per heavy atom. The van der Waals surface area contributed by atoms with Crippen LogP contribution < -0.4 is 5.32 Å². The van der Waals surface area contributed by atoms with Gasteiger partial charge >= 0.3 is 0 Å². The molecule has 0 atom stereocenters. The van der Waals surface area contributed by atoms with Crippen LogP contribution in [0.1, 0.15) is 6.42 Å². The molecule has 0 unspecified atom stereocenters. The first-order valence-electron chi connectivity index (χ1n) is 3.51. The predicted octanol–water partition coefficient (Wildman–Crippen LogP) is 0.702. The highest BCUT2D eigenvalue weighted by atomic mass is 16.2. The third-order valence-electron chi connectivity index (χ3n) is 1.65. The molecule has 62 valence electrons. The first kappa shape index (κ1) is 8.46. The topological polar surface area (TPSA) is 46.2 Å². The van der Waals surface area contributed by atoms with Crippen LogP contribution in [0.4, 0.5) is 0 Å². The van der Waals surface area contributed by atoms with Gasteiger partial charge in [0.15, 0.2) is 0 Å². The van der Waals surface area contributed by atoms with E-state index in [-0.39, 0.29) is 12.3 Å². The number of rotatable bonds is 2. The Bertz CT molecular complexity index is 300. The normalized spacial score (nSPS) is 17.3. The van der Waals surface area contributed by atoms with Crippen LogP contribution in [0.15, 0.2) is 36.5 Å². The summed E-state index contributed by atoms with van der Waals surface area (Å²) in [6.07, 6.45) is 3.14. The molecule has 0 aliphatic carbocycles. The van der Waals surface area contributed by atoms with E-state index in [1.165, 1.54) is 12.2 Å². The van der Waals surface area contributed by atoms with Crippen LogP contribution in [0.3, 0.4) is 0 Å². The lowest BCUT2D eigenvalue weighted by Gasteiger charge is -2.14. The second-order valence-corrected chi connectivity index (χ2v) is 2.40. The Labute approximate surface area is 70.5 Å². The van der Waals surface area contributed by atoms with Gasteiger partial charge in [0.25, 0.3) is 5.91 Å². The zero-order valence-electron chi connectivity index (χ0n) is 6.59. The van der Waals surface area contributed by atoms with Gasteiger partial charge in [-0.2, -0.15) is 0 Å². The van der Waals surface area contributed by atoms with Gasteiger partial charge in [-0.15, -0.1) is 0 Å². The Balaban J connectivity index is 3.13. The molecule has 3 heteroatoms. The van der Waals surface area contributed by atoms with Crippen molar-refractivity contribution in [3.05, 3.63) is 36.5 Å². The van der Waals surface area contributed by atoms with Crippen molar-refractivity contribution in [2.45, 2.75) is 6.42 Å². The van der Waals surface area contributed by atoms with Gasteiger partial charge in [0.2, 0.25) is 5.91 Å². The van der Waals surface area contributed by atoms with Crippen LogP contribution >= 0.6 is 0 Å². The number of carbonyl (C=O) groups is 2. The minimum absolute atomic E-state index is 0.205. The molecule has 3 nitrogen and oxygen atoms in total. The molecule has 2 amide bonds. The lowest BCUT2D eigenvalue weighted by molar-refractivity contribution is -0.128. The van der Waals surface area contributed by atoms with Crippen LogP contribution in [-0.2, 0) is 9.59 Å². The molecular weight excluding hydrogens is 154 g/mol. The molecule has 1 N–H and O–H groups in total. The molecule has 0 fully saturated rings. The van der Waals surface area contributed by atoms with E-state index in [1.54, 1.807) is 0 Å². The largest absolute Gasteiger partial charge is 0.292 e. The highest BCUT2D eigenvalue weighted by molar-refractivity contribution is 6.10. The average Bonchev–Trinajstić information content (AvgIpc) is 2.03. The van der Waals surface area contributed by atoms with Gasteiger partial charge < -0.3 is 0 Å². The van der Waals surface area contributed by atoms with Gasteiger partial charge in [-0.1, -0.05) is 25.3 Å². The lowest BCUT2D eigenvalue weighted by atomic mass is 10.0. The van der Waals surface area contributed by atoms with Crippen LogP contribution in [0.2, 0.25) is 0 Å². The summed E-state index contributed by atoms with van der Waals surface area (Å²) in [7, 11) is 0. The molecule has 1 aliphatic heterocycles. The van der Waals surface area contributed by atoms with E-state index in [0.717, 1.165) is 0 Å². The molecule has 0 radical (unpaired) electrons. The zero-order chi connectivity index (χ0) is 9.14. The molecule has 1 heterocycles. The molecule has 0 saturated heterocycles. The summed E-state index contributed by atoms with van der Waals surface area (Å²) in [5, 5.41) is 2.19. The third-order valence-corrected chi connectivity index (χ3v) is 1.65. The van der Waals surface area contributed by atoms with E-state index in [2.05, 4.69) is 18.5 Å². The molecule has 0 spiro atoms. The zero-order valence-corrected chi connectivity index (χ0v) is 6.59. The highest BCUT2D eigenvalue weighted by Crippen LogP contribution is 2.15. The van der Waals surface area contributed by atoms with E-state index in [4.69, 9.17) is 0 Å². The fourth-order valence-corrected chi connectivity index (χ4v) is 1.06. The number of carbonyl (C=O) groups excluding carboxylic acids is 2. The van der Waals surface area contributed by atoms with Crippen LogP contribution in [-0.4, -0.2) is 11.8 Å². The second-order valence-electron chi connectivity index (χ2n) is 2.40. The molecule has 0 aromatic rings. The van der Waals surface area contributed by atoms with E-state index in [0.29, 0.717) is 11.1 Å². The number of imide groups is 1. The smallest absolute Gasteiger partial charge is 0.258 e. The van der Waals surface area contributed by atoms with E-state index in [1.807, 2.05) is 0 Å². The maximum Gasteiger partial charge on any atom is 0.258 e. The quantitative estimate of drug-likeness (QED) is 0.609. The summed E-state index contributed by atoms with van der Waals surface area (Å²) in [5.74, 6) is -0.684. The monoisotopic (exact) mass is 163 g/mol. The standard InChI is InChI=1S/C9H9NO2/c1-3-6-5-8(11)10-9(12)7(6)4-2/h3-4H,1-2,5H2,(H,10,11,12). The van der Waals surface area contributed by atoms with E-state index in [9.17, 15) is 9.59 Å². The van der Waals surface area contributed by atoms with Gasteiger partial charge in [0.1, 0.15) is 0 Å². The van der Waals surface area contributed by atoms with Gasteiger partial charge in [-0.3, -0.25) is 14.9 Å².